The van der Waals surface area contributed by atoms with E-state index in [1.54, 1.807) is 18.0 Å². The van der Waals surface area contributed by atoms with Crippen LogP contribution >= 0.6 is 0 Å². The van der Waals surface area contributed by atoms with Crippen LogP contribution < -0.4 is 10.5 Å². The summed E-state index contributed by atoms with van der Waals surface area (Å²) in [4.78, 5) is 0. The average Bonchev–Trinajstić information content (AvgIpc) is 2.76. The van der Waals surface area contributed by atoms with Crippen molar-refractivity contribution in [1.82, 2.24) is 9.78 Å². The van der Waals surface area contributed by atoms with E-state index in [-0.39, 0.29) is 12.6 Å². The number of aromatic nitrogens is 2. The average molecular weight is 263 g/mol. The molecule has 7 heteroatoms. The van der Waals surface area contributed by atoms with E-state index < -0.39 is 13.0 Å². The molecule has 2 N–H and O–H groups in total. The molecule has 104 valence electrons. The normalized spacial score (nSPS) is 13.0. The van der Waals surface area contributed by atoms with Crippen molar-refractivity contribution in [2.24, 2.45) is 5.73 Å². The molecule has 1 aromatic heterocycles. The summed E-state index contributed by atoms with van der Waals surface area (Å²) in [6, 6.07) is -0.347. The molecule has 1 atom stereocenters. The maximum atomic E-state index is 11.9. The summed E-state index contributed by atoms with van der Waals surface area (Å²) in [6.07, 6.45) is -0.412. The van der Waals surface area contributed by atoms with Crippen molar-refractivity contribution < 1.29 is 18.3 Å². The summed E-state index contributed by atoms with van der Waals surface area (Å²) in [6.45, 7) is 2.24. The van der Waals surface area contributed by atoms with Crippen molar-refractivity contribution in [3.05, 3.63) is 11.9 Å². The Hall–Kier alpha value is -1.21. The van der Waals surface area contributed by atoms with E-state index in [1.165, 1.54) is 0 Å². The summed E-state index contributed by atoms with van der Waals surface area (Å²) < 4.78 is 35.5. The van der Waals surface area contributed by atoms with Gasteiger partial charge < -0.3 is 15.2 Å². The summed E-state index contributed by atoms with van der Waals surface area (Å²) in [5, 5.41) is 4.13. The Morgan fingerprint density at radius 1 is 1.50 bits per heavy atom. The lowest BCUT2D eigenvalue weighted by Crippen LogP contribution is -2.19. The summed E-state index contributed by atoms with van der Waals surface area (Å²) in [5.41, 5.74) is 6.77. The zero-order valence-corrected chi connectivity index (χ0v) is 10.6. The lowest BCUT2D eigenvalue weighted by molar-refractivity contribution is 0.0150. The van der Waals surface area contributed by atoms with Gasteiger partial charge in [0.2, 0.25) is 0 Å². The maximum Gasteiger partial charge on any atom is 0.261 e. The highest BCUT2D eigenvalue weighted by atomic mass is 19.3. The lowest BCUT2D eigenvalue weighted by Gasteiger charge is -2.15. The molecule has 0 aromatic carbocycles. The second kappa shape index (κ2) is 7.27. The molecule has 0 bridgehead atoms. The molecule has 1 unspecified atom stereocenters. The van der Waals surface area contributed by atoms with Crippen LogP contribution in [-0.4, -0.2) is 36.5 Å². The number of hydrogen-bond donors (Lipinski definition) is 1. The fraction of sp³-hybridized carbons (Fsp3) is 0.727. The molecule has 0 spiro atoms. The number of methoxy groups -OCH3 is 1. The Kier molecular flexibility index (Phi) is 6.00. The first kappa shape index (κ1) is 14.8. The SMILES string of the molecule is CCn1ncc(OC)c1C(N)CCOCC(F)F. The van der Waals surface area contributed by atoms with Crippen LogP contribution in [0.2, 0.25) is 0 Å². The molecule has 5 nitrogen and oxygen atoms in total. The van der Waals surface area contributed by atoms with Crippen molar-refractivity contribution in [2.45, 2.75) is 32.4 Å². The number of nitrogens with zero attached hydrogens (tertiary/aromatic N) is 2. The number of ether oxygens (including phenoxy) is 2. The fourth-order valence-electron chi connectivity index (χ4n) is 1.68. The van der Waals surface area contributed by atoms with E-state index in [0.29, 0.717) is 18.7 Å². The van der Waals surface area contributed by atoms with Gasteiger partial charge in [0.1, 0.15) is 6.61 Å². The van der Waals surface area contributed by atoms with Crippen LogP contribution in [0.4, 0.5) is 8.78 Å². The Labute approximate surface area is 105 Å². The smallest absolute Gasteiger partial charge is 0.261 e. The largest absolute Gasteiger partial charge is 0.493 e. The standard InChI is InChI=1S/C11H19F2N3O2/c1-3-16-11(9(17-2)6-15-16)8(14)4-5-18-7-10(12)13/h6,8,10H,3-5,7,14H2,1-2H3. The molecule has 0 fully saturated rings. The Morgan fingerprint density at radius 3 is 2.78 bits per heavy atom. The van der Waals surface area contributed by atoms with Crippen LogP contribution in [0.1, 0.15) is 25.1 Å². The Balaban J connectivity index is 2.54. The van der Waals surface area contributed by atoms with E-state index >= 15 is 0 Å². The zero-order valence-electron chi connectivity index (χ0n) is 10.6. The highest BCUT2D eigenvalue weighted by molar-refractivity contribution is 5.28. The first-order valence-corrected chi connectivity index (χ1v) is 5.81. The highest BCUT2D eigenvalue weighted by Crippen LogP contribution is 2.25. The molecule has 18 heavy (non-hydrogen) atoms. The fourth-order valence-corrected chi connectivity index (χ4v) is 1.68. The molecule has 0 aliphatic carbocycles. The minimum Gasteiger partial charge on any atom is -0.493 e. The number of alkyl halides is 2. The Morgan fingerprint density at radius 2 is 2.22 bits per heavy atom. The van der Waals surface area contributed by atoms with Gasteiger partial charge in [-0.1, -0.05) is 0 Å². The van der Waals surface area contributed by atoms with Gasteiger partial charge in [-0.15, -0.1) is 0 Å². The zero-order chi connectivity index (χ0) is 13.5. The Bertz CT molecular complexity index is 337. The van der Waals surface area contributed by atoms with Crippen molar-refractivity contribution in [2.75, 3.05) is 20.3 Å². The van der Waals surface area contributed by atoms with Crippen LogP contribution in [0, 0.1) is 0 Å². The van der Waals surface area contributed by atoms with Crippen LogP contribution in [0.25, 0.3) is 0 Å². The third-order valence-corrected chi connectivity index (χ3v) is 2.53. The highest BCUT2D eigenvalue weighted by Gasteiger charge is 2.18. The molecule has 1 heterocycles. The first-order valence-electron chi connectivity index (χ1n) is 5.81. The van der Waals surface area contributed by atoms with Crippen molar-refractivity contribution in [3.8, 4) is 5.75 Å². The van der Waals surface area contributed by atoms with Gasteiger partial charge >= 0.3 is 0 Å². The van der Waals surface area contributed by atoms with Gasteiger partial charge in [0.05, 0.1) is 25.0 Å². The number of hydrogen-bond acceptors (Lipinski definition) is 4. The summed E-state index contributed by atoms with van der Waals surface area (Å²) in [5.74, 6) is 0.609. The van der Waals surface area contributed by atoms with Gasteiger partial charge in [0.15, 0.2) is 5.75 Å². The minimum absolute atomic E-state index is 0.184. The van der Waals surface area contributed by atoms with Crippen molar-refractivity contribution in [1.29, 1.82) is 0 Å². The third kappa shape index (κ3) is 3.92. The molecular weight excluding hydrogens is 244 g/mol. The van der Waals surface area contributed by atoms with Crippen molar-refractivity contribution >= 4 is 0 Å². The quantitative estimate of drug-likeness (QED) is 0.723. The van der Waals surface area contributed by atoms with Gasteiger partial charge in [-0.2, -0.15) is 5.10 Å². The van der Waals surface area contributed by atoms with E-state index in [4.69, 9.17) is 15.2 Å². The molecule has 1 aromatic rings. The van der Waals surface area contributed by atoms with Crippen LogP contribution in [0.3, 0.4) is 0 Å². The van der Waals surface area contributed by atoms with Crippen LogP contribution in [0.5, 0.6) is 5.75 Å². The van der Waals surface area contributed by atoms with Gasteiger partial charge in [-0.3, -0.25) is 4.68 Å². The van der Waals surface area contributed by atoms with Crippen LogP contribution in [-0.2, 0) is 11.3 Å². The molecular formula is C11H19F2N3O2. The third-order valence-electron chi connectivity index (χ3n) is 2.53. The molecule has 0 amide bonds. The molecule has 0 aliphatic rings. The minimum atomic E-state index is -2.45. The predicted molar refractivity (Wildman–Crippen MR) is 62.8 cm³/mol. The topological polar surface area (TPSA) is 62.3 Å². The van der Waals surface area contributed by atoms with E-state index in [1.807, 2.05) is 6.92 Å². The predicted octanol–water partition coefficient (Wildman–Crippen LogP) is 1.58. The van der Waals surface area contributed by atoms with Crippen molar-refractivity contribution in [3.63, 3.8) is 0 Å². The van der Waals surface area contributed by atoms with Crippen LogP contribution in [0.15, 0.2) is 6.20 Å². The van der Waals surface area contributed by atoms with E-state index in [9.17, 15) is 8.78 Å². The molecule has 0 saturated carbocycles. The summed E-state index contributed by atoms with van der Waals surface area (Å²) >= 11 is 0. The van der Waals surface area contributed by atoms with E-state index in [2.05, 4.69) is 5.10 Å². The second-order valence-electron chi connectivity index (χ2n) is 3.78. The molecule has 0 aliphatic heterocycles. The lowest BCUT2D eigenvalue weighted by atomic mass is 10.1. The summed E-state index contributed by atoms with van der Waals surface area (Å²) in [7, 11) is 1.54. The first-order chi connectivity index (χ1) is 8.60. The number of nitrogens with two attached hydrogens (primary N) is 1. The van der Waals surface area contributed by atoms with Gasteiger partial charge in [0.25, 0.3) is 6.43 Å². The number of aryl methyl sites for hydroxylation is 1. The monoisotopic (exact) mass is 263 g/mol. The van der Waals surface area contributed by atoms with E-state index in [0.717, 1.165) is 5.69 Å². The molecule has 0 radical (unpaired) electrons. The van der Waals surface area contributed by atoms with Gasteiger partial charge in [0, 0.05) is 13.2 Å². The second-order valence-corrected chi connectivity index (χ2v) is 3.78. The molecule has 1 rings (SSSR count). The maximum absolute atomic E-state index is 11.9. The molecule has 0 saturated heterocycles. The number of halogens is 2. The number of rotatable bonds is 8. The van der Waals surface area contributed by atoms with Gasteiger partial charge in [-0.25, -0.2) is 8.78 Å². The van der Waals surface area contributed by atoms with Gasteiger partial charge in [-0.05, 0) is 13.3 Å².